The lowest BCUT2D eigenvalue weighted by Crippen LogP contribution is -3.00. The Labute approximate surface area is 85.4 Å². The van der Waals surface area contributed by atoms with Gasteiger partial charge in [0.05, 0.1) is 26.3 Å². The zero-order valence-electron chi connectivity index (χ0n) is 7.96. The van der Waals surface area contributed by atoms with Crippen LogP contribution in [-0.2, 0) is 0 Å². The van der Waals surface area contributed by atoms with Crippen LogP contribution in [0.15, 0.2) is 0 Å². The molecule has 0 aromatic heterocycles. The SMILES string of the molecule is CC[N+](CC)(CCO)CCO.[Br-]. The van der Waals surface area contributed by atoms with E-state index in [9.17, 15) is 0 Å². The molecule has 2 N–H and O–H groups in total. The van der Waals surface area contributed by atoms with Crippen LogP contribution < -0.4 is 17.0 Å². The first kappa shape index (κ1) is 14.9. The molecule has 0 radical (unpaired) electrons. The van der Waals surface area contributed by atoms with Crippen molar-refractivity contribution in [3.63, 3.8) is 0 Å². The van der Waals surface area contributed by atoms with Gasteiger partial charge in [0, 0.05) is 0 Å². The zero-order valence-corrected chi connectivity index (χ0v) is 9.55. The summed E-state index contributed by atoms with van der Waals surface area (Å²) < 4.78 is 0.826. The molecule has 0 spiro atoms. The molecule has 12 heavy (non-hydrogen) atoms. The Kier molecular flexibility index (Phi) is 9.88. The molecule has 0 aromatic rings. The second-order valence-corrected chi connectivity index (χ2v) is 2.87. The number of aliphatic hydroxyl groups is 2. The first-order valence-corrected chi connectivity index (χ1v) is 4.31. The average molecular weight is 242 g/mol. The lowest BCUT2D eigenvalue weighted by molar-refractivity contribution is -0.925. The summed E-state index contributed by atoms with van der Waals surface area (Å²) in [4.78, 5) is 0. The quantitative estimate of drug-likeness (QED) is 0.482. The van der Waals surface area contributed by atoms with Gasteiger partial charge in [-0.1, -0.05) is 0 Å². The minimum Gasteiger partial charge on any atom is -1.00 e. The summed E-state index contributed by atoms with van der Waals surface area (Å²) in [6.45, 7) is 8.09. The summed E-state index contributed by atoms with van der Waals surface area (Å²) in [5.74, 6) is 0. The highest BCUT2D eigenvalue weighted by Gasteiger charge is 2.20. The van der Waals surface area contributed by atoms with Crippen molar-refractivity contribution in [2.75, 3.05) is 39.4 Å². The monoisotopic (exact) mass is 241 g/mol. The predicted octanol–water partition coefficient (Wildman–Crippen LogP) is -3.17. The molecule has 3 nitrogen and oxygen atoms in total. The van der Waals surface area contributed by atoms with Crippen molar-refractivity contribution in [3.05, 3.63) is 0 Å². The van der Waals surface area contributed by atoms with Gasteiger partial charge in [-0.2, -0.15) is 0 Å². The van der Waals surface area contributed by atoms with E-state index in [1.165, 1.54) is 0 Å². The second kappa shape index (κ2) is 7.98. The molecular weight excluding hydrogens is 222 g/mol. The normalized spacial score (nSPS) is 11.0. The van der Waals surface area contributed by atoms with Crippen molar-refractivity contribution < 1.29 is 31.7 Å². The molecule has 0 amide bonds. The maximum Gasteiger partial charge on any atom is 0.102 e. The lowest BCUT2D eigenvalue weighted by atomic mass is 10.3. The van der Waals surface area contributed by atoms with Crippen LogP contribution in [0.1, 0.15) is 13.8 Å². The summed E-state index contributed by atoms with van der Waals surface area (Å²) >= 11 is 0. The topological polar surface area (TPSA) is 40.5 Å². The fourth-order valence-electron chi connectivity index (χ4n) is 1.39. The number of aliphatic hydroxyl groups excluding tert-OH is 2. The highest BCUT2D eigenvalue weighted by atomic mass is 79.9. The van der Waals surface area contributed by atoms with Crippen LogP contribution in [-0.4, -0.2) is 54.1 Å². The van der Waals surface area contributed by atoms with Crippen molar-refractivity contribution in [1.82, 2.24) is 0 Å². The molecule has 0 rings (SSSR count). The number of hydrogen-bond acceptors (Lipinski definition) is 2. The first-order valence-electron chi connectivity index (χ1n) is 4.31. The van der Waals surface area contributed by atoms with E-state index >= 15 is 0 Å². The molecule has 0 unspecified atom stereocenters. The third-order valence-electron chi connectivity index (χ3n) is 2.49. The predicted molar refractivity (Wildman–Crippen MR) is 45.2 cm³/mol. The molecule has 4 heteroatoms. The van der Waals surface area contributed by atoms with Gasteiger partial charge in [0.25, 0.3) is 0 Å². The molecule has 0 aliphatic heterocycles. The van der Waals surface area contributed by atoms with Crippen LogP contribution in [0, 0.1) is 0 Å². The van der Waals surface area contributed by atoms with Crippen molar-refractivity contribution in [1.29, 1.82) is 0 Å². The van der Waals surface area contributed by atoms with Crippen molar-refractivity contribution in [2.24, 2.45) is 0 Å². The smallest absolute Gasteiger partial charge is 0.102 e. The molecule has 76 valence electrons. The third-order valence-corrected chi connectivity index (χ3v) is 2.49. The Morgan fingerprint density at radius 2 is 1.25 bits per heavy atom. The maximum atomic E-state index is 8.79. The molecule has 0 saturated carbocycles. The van der Waals surface area contributed by atoms with Crippen LogP contribution in [0.4, 0.5) is 0 Å². The Balaban J connectivity index is 0. The zero-order chi connectivity index (χ0) is 8.74. The van der Waals surface area contributed by atoms with Crippen LogP contribution in [0.25, 0.3) is 0 Å². The van der Waals surface area contributed by atoms with Gasteiger partial charge in [0.2, 0.25) is 0 Å². The maximum absolute atomic E-state index is 8.79. The van der Waals surface area contributed by atoms with Crippen molar-refractivity contribution in [2.45, 2.75) is 13.8 Å². The molecular formula is C8H20BrNO2. The number of nitrogens with zero attached hydrogens (tertiary/aromatic N) is 1. The Morgan fingerprint density at radius 1 is 0.917 bits per heavy atom. The van der Waals surface area contributed by atoms with Gasteiger partial charge in [-0.05, 0) is 13.8 Å². The van der Waals surface area contributed by atoms with Gasteiger partial charge in [0.15, 0.2) is 0 Å². The van der Waals surface area contributed by atoms with Gasteiger partial charge in [0.1, 0.15) is 13.1 Å². The Hall–Kier alpha value is 0.360. The van der Waals surface area contributed by atoms with E-state index in [0.717, 1.165) is 30.7 Å². The van der Waals surface area contributed by atoms with Crippen molar-refractivity contribution >= 4 is 0 Å². The summed E-state index contributed by atoms with van der Waals surface area (Å²) in [5, 5.41) is 17.6. The summed E-state index contributed by atoms with van der Waals surface area (Å²) in [6.07, 6.45) is 0. The van der Waals surface area contributed by atoms with Gasteiger partial charge in [-0.25, -0.2) is 0 Å². The number of quaternary nitrogens is 1. The molecule has 0 heterocycles. The van der Waals surface area contributed by atoms with E-state index in [0.29, 0.717) is 0 Å². The molecule has 0 fully saturated rings. The van der Waals surface area contributed by atoms with Gasteiger partial charge >= 0.3 is 0 Å². The number of hydrogen-bond donors (Lipinski definition) is 2. The van der Waals surface area contributed by atoms with Gasteiger partial charge in [-0.15, -0.1) is 0 Å². The highest BCUT2D eigenvalue weighted by Crippen LogP contribution is 2.03. The lowest BCUT2D eigenvalue weighted by Gasteiger charge is -2.35. The highest BCUT2D eigenvalue weighted by molar-refractivity contribution is 4.38. The molecule has 0 saturated heterocycles. The molecule has 0 atom stereocenters. The summed E-state index contributed by atoms with van der Waals surface area (Å²) in [6, 6.07) is 0. The van der Waals surface area contributed by atoms with E-state index < -0.39 is 0 Å². The number of halogens is 1. The Morgan fingerprint density at radius 3 is 1.42 bits per heavy atom. The number of likely N-dealkylation sites (N-methyl/N-ethyl adjacent to an activating group) is 1. The number of rotatable bonds is 6. The molecule has 0 aromatic carbocycles. The molecule has 0 bridgehead atoms. The van der Waals surface area contributed by atoms with E-state index in [-0.39, 0.29) is 30.2 Å². The van der Waals surface area contributed by atoms with E-state index in [2.05, 4.69) is 13.8 Å². The third kappa shape index (κ3) is 4.40. The van der Waals surface area contributed by atoms with Gasteiger partial charge < -0.3 is 31.7 Å². The standard InChI is InChI=1S/C8H20NO2.BrH/c1-3-9(4-2,5-7-10)6-8-11;/h10-11H,3-8H2,1-2H3;1H/q+1;/p-1. The van der Waals surface area contributed by atoms with Crippen LogP contribution in [0.3, 0.4) is 0 Å². The Bertz CT molecular complexity index is 89.1. The van der Waals surface area contributed by atoms with Crippen LogP contribution in [0.2, 0.25) is 0 Å². The second-order valence-electron chi connectivity index (χ2n) is 2.87. The van der Waals surface area contributed by atoms with E-state index in [4.69, 9.17) is 10.2 Å². The minimum absolute atomic E-state index is 0. The van der Waals surface area contributed by atoms with Gasteiger partial charge in [-0.3, -0.25) is 0 Å². The fraction of sp³-hybridized carbons (Fsp3) is 1.00. The van der Waals surface area contributed by atoms with E-state index in [1.807, 2.05) is 0 Å². The fourth-order valence-corrected chi connectivity index (χ4v) is 1.39. The van der Waals surface area contributed by atoms with E-state index in [1.54, 1.807) is 0 Å². The molecule has 0 aliphatic carbocycles. The summed E-state index contributed by atoms with van der Waals surface area (Å²) in [7, 11) is 0. The minimum atomic E-state index is 0. The molecule has 0 aliphatic rings. The van der Waals surface area contributed by atoms with Crippen LogP contribution >= 0.6 is 0 Å². The summed E-state index contributed by atoms with van der Waals surface area (Å²) in [5.41, 5.74) is 0. The van der Waals surface area contributed by atoms with Crippen LogP contribution in [0.5, 0.6) is 0 Å². The average Bonchev–Trinajstić information content (AvgIpc) is 2.04. The largest absolute Gasteiger partial charge is 1.00 e. The van der Waals surface area contributed by atoms with Crippen molar-refractivity contribution in [3.8, 4) is 0 Å². The first-order chi connectivity index (χ1) is 5.24.